The molecule has 0 spiro atoms. The average Bonchev–Trinajstić information content (AvgIpc) is 2.94. The third kappa shape index (κ3) is 4.32. The molecule has 1 aromatic carbocycles. The van der Waals surface area contributed by atoms with Crippen LogP contribution in [0.25, 0.3) is 5.69 Å². The van der Waals surface area contributed by atoms with Crippen LogP contribution >= 0.6 is 0 Å². The van der Waals surface area contributed by atoms with E-state index in [9.17, 15) is 9.59 Å². The van der Waals surface area contributed by atoms with Gasteiger partial charge in [-0.15, -0.1) is 11.7 Å². The number of esters is 1. The number of amides is 1. The third-order valence-corrected chi connectivity index (χ3v) is 3.62. The Morgan fingerprint density at radius 3 is 2.68 bits per heavy atom. The van der Waals surface area contributed by atoms with E-state index >= 15 is 0 Å². The first-order valence-corrected chi connectivity index (χ1v) is 7.94. The summed E-state index contributed by atoms with van der Waals surface area (Å²) in [6.07, 6.45) is 0.615. The van der Waals surface area contributed by atoms with Crippen molar-refractivity contribution in [3.05, 3.63) is 53.4 Å². The van der Waals surface area contributed by atoms with Gasteiger partial charge in [-0.3, -0.25) is 4.79 Å². The molecule has 0 bridgehead atoms. The van der Waals surface area contributed by atoms with Crippen LogP contribution in [0.3, 0.4) is 0 Å². The first-order valence-electron chi connectivity index (χ1n) is 7.94. The molecule has 1 atom stereocenters. The minimum atomic E-state index is -0.932. The lowest BCUT2D eigenvalue weighted by Gasteiger charge is -2.11. The van der Waals surface area contributed by atoms with Crippen LogP contribution in [0, 0.1) is 20.8 Å². The molecule has 1 heterocycles. The number of aromatic nitrogens is 3. The molecule has 2 rings (SSSR count). The van der Waals surface area contributed by atoms with Crippen molar-refractivity contribution in [2.24, 2.45) is 0 Å². The van der Waals surface area contributed by atoms with Gasteiger partial charge in [0.05, 0.1) is 11.4 Å². The summed E-state index contributed by atoms with van der Waals surface area (Å²) in [6, 6.07) is 5.85. The predicted octanol–water partition coefficient (Wildman–Crippen LogP) is 2.04. The fourth-order valence-corrected chi connectivity index (χ4v) is 2.29. The second-order valence-electron chi connectivity index (χ2n) is 5.79. The fourth-order valence-electron chi connectivity index (χ4n) is 2.29. The zero-order valence-corrected chi connectivity index (χ0v) is 14.9. The molecule has 132 valence electrons. The Bertz CT molecular complexity index is 811. The van der Waals surface area contributed by atoms with E-state index in [2.05, 4.69) is 22.1 Å². The number of carbonyl (C=O) groups is 2. The summed E-state index contributed by atoms with van der Waals surface area (Å²) in [6.45, 7) is 10.9. The summed E-state index contributed by atoms with van der Waals surface area (Å²) < 4.78 is 5.17. The number of ether oxygens (including phenoxy) is 1. The summed E-state index contributed by atoms with van der Waals surface area (Å²) in [4.78, 5) is 25.5. The van der Waals surface area contributed by atoms with Crippen molar-refractivity contribution in [1.82, 2.24) is 20.3 Å². The lowest BCUT2D eigenvalue weighted by Crippen LogP contribution is -2.36. The van der Waals surface area contributed by atoms with Crippen LogP contribution in [0.2, 0.25) is 0 Å². The minimum Gasteiger partial charge on any atom is -0.448 e. The molecular formula is C18H22N4O3. The van der Waals surface area contributed by atoms with Gasteiger partial charge in [0, 0.05) is 6.54 Å². The molecule has 7 nitrogen and oxygen atoms in total. The van der Waals surface area contributed by atoms with Gasteiger partial charge in [0.25, 0.3) is 5.91 Å². The highest BCUT2D eigenvalue weighted by Crippen LogP contribution is 2.16. The molecule has 0 saturated carbocycles. The van der Waals surface area contributed by atoms with Crippen molar-refractivity contribution in [2.45, 2.75) is 33.8 Å². The standard InChI is InChI=1S/C18H22N4O3/c1-6-9-19-17(23)14(5)25-18(24)16-13(4)20-22(21-16)15-8-7-11(2)10-12(15)3/h6-8,10,14H,1,9H2,2-5H3,(H,19,23)/t14-/m1/s1. The lowest BCUT2D eigenvalue weighted by molar-refractivity contribution is -0.128. The maximum Gasteiger partial charge on any atom is 0.361 e. The summed E-state index contributed by atoms with van der Waals surface area (Å²) in [5, 5.41) is 11.1. The molecule has 0 aliphatic carbocycles. The number of aryl methyl sites for hydroxylation is 3. The quantitative estimate of drug-likeness (QED) is 0.641. The average molecular weight is 342 g/mol. The van der Waals surface area contributed by atoms with Crippen LogP contribution in [0.15, 0.2) is 30.9 Å². The number of carbonyl (C=O) groups excluding carboxylic acids is 2. The molecule has 0 radical (unpaired) electrons. The highest BCUT2D eigenvalue weighted by molar-refractivity contribution is 5.91. The summed E-state index contributed by atoms with van der Waals surface area (Å²) in [5.41, 5.74) is 3.42. The Hall–Kier alpha value is -2.96. The fraction of sp³-hybridized carbons (Fsp3) is 0.333. The number of hydrogen-bond donors (Lipinski definition) is 1. The smallest absolute Gasteiger partial charge is 0.361 e. The predicted molar refractivity (Wildman–Crippen MR) is 93.7 cm³/mol. The van der Waals surface area contributed by atoms with E-state index in [-0.39, 0.29) is 5.69 Å². The Kier molecular flexibility index (Phi) is 5.69. The van der Waals surface area contributed by atoms with Crippen molar-refractivity contribution in [1.29, 1.82) is 0 Å². The van der Waals surface area contributed by atoms with Crippen molar-refractivity contribution < 1.29 is 14.3 Å². The molecule has 2 aromatic rings. The van der Waals surface area contributed by atoms with Crippen molar-refractivity contribution in [3.8, 4) is 5.69 Å². The first-order chi connectivity index (χ1) is 11.8. The monoisotopic (exact) mass is 342 g/mol. The molecule has 1 aromatic heterocycles. The molecule has 25 heavy (non-hydrogen) atoms. The molecule has 0 aliphatic heterocycles. The Labute approximate surface area is 146 Å². The molecule has 7 heteroatoms. The molecule has 1 N–H and O–H groups in total. The molecule has 0 saturated heterocycles. The normalized spacial score (nSPS) is 11.7. The van der Waals surface area contributed by atoms with Gasteiger partial charge in [-0.05, 0) is 39.3 Å². The Morgan fingerprint density at radius 2 is 2.04 bits per heavy atom. The largest absolute Gasteiger partial charge is 0.448 e. The van der Waals surface area contributed by atoms with Crippen molar-refractivity contribution >= 4 is 11.9 Å². The second-order valence-corrected chi connectivity index (χ2v) is 5.79. The van der Waals surface area contributed by atoms with E-state index in [0.717, 1.165) is 16.8 Å². The number of hydrogen-bond acceptors (Lipinski definition) is 5. The topological polar surface area (TPSA) is 86.1 Å². The van der Waals surface area contributed by atoms with Crippen LogP contribution < -0.4 is 5.32 Å². The molecule has 0 fully saturated rings. The van der Waals surface area contributed by atoms with Crippen LogP contribution in [0.1, 0.15) is 34.2 Å². The second kappa shape index (κ2) is 7.74. The van der Waals surface area contributed by atoms with Gasteiger partial charge in [0.2, 0.25) is 0 Å². The Morgan fingerprint density at radius 1 is 1.32 bits per heavy atom. The maximum atomic E-state index is 12.3. The first kappa shape index (κ1) is 18.4. The summed E-state index contributed by atoms with van der Waals surface area (Å²) in [7, 11) is 0. The molecule has 0 unspecified atom stereocenters. The van der Waals surface area contributed by atoms with Crippen LogP contribution in [-0.4, -0.2) is 39.5 Å². The molecule has 1 amide bonds. The van der Waals surface area contributed by atoms with Crippen LogP contribution in [0.5, 0.6) is 0 Å². The van der Waals surface area contributed by atoms with E-state index < -0.39 is 18.0 Å². The van der Waals surface area contributed by atoms with Gasteiger partial charge in [0.1, 0.15) is 0 Å². The van der Waals surface area contributed by atoms with Crippen LogP contribution in [-0.2, 0) is 9.53 Å². The zero-order chi connectivity index (χ0) is 18.6. The van der Waals surface area contributed by atoms with Crippen LogP contribution in [0.4, 0.5) is 0 Å². The van der Waals surface area contributed by atoms with E-state index in [1.54, 1.807) is 13.0 Å². The van der Waals surface area contributed by atoms with Gasteiger partial charge < -0.3 is 10.1 Å². The molecular weight excluding hydrogens is 320 g/mol. The van der Waals surface area contributed by atoms with Gasteiger partial charge in [-0.25, -0.2) is 4.79 Å². The third-order valence-electron chi connectivity index (χ3n) is 3.62. The van der Waals surface area contributed by atoms with E-state index in [0.29, 0.717) is 12.2 Å². The van der Waals surface area contributed by atoms with Gasteiger partial charge in [-0.2, -0.15) is 9.90 Å². The van der Waals surface area contributed by atoms with E-state index in [4.69, 9.17) is 4.74 Å². The van der Waals surface area contributed by atoms with Gasteiger partial charge in [0.15, 0.2) is 11.8 Å². The van der Waals surface area contributed by atoms with Gasteiger partial charge in [-0.1, -0.05) is 23.8 Å². The highest BCUT2D eigenvalue weighted by atomic mass is 16.5. The van der Waals surface area contributed by atoms with E-state index in [1.165, 1.54) is 11.7 Å². The Balaban J connectivity index is 2.17. The maximum absolute atomic E-state index is 12.3. The summed E-state index contributed by atoms with van der Waals surface area (Å²) in [5.74, 6) is -1.08. The van der Waals surface area contributed by atoms with E-state index in [1.807, 2.05) is 32.0 Å². The van der Waals surface area contributed by atoms with Gasteiger partial charge >= 0.3 is 5.97 Å². The zero-order valence-electron chi connectivity index (χ0n) is 14.9. The number of nitrogens with one attached hydrogen (secondary N) is 1. The SMILES string of the molecule is C=CCNC(=O)[C@@H](C)OC(=O)c1nn(-c2ccc(C)cc2C)nc1C. The minimum absolute atomic E-state index is 0.0864. The lowest BCUT2D eigenvalue weighted by atomic mass is 10.1. The van der Waals surface area contributed by atoms with Crippen molar-refractivity contribution in [2.75, 3.05) is 6.54 Å². The number of rotatable bonds is 6. The molecule has 0 aliphatic rings. The summed E-state index contributed by atoms with van der Waals surface area (Å²) >= 11 is 0. The van der Waals surface area contributed by atoms with Crippen molar-refractivity contribution in [3.63, 3.8) is 0 Å². The number of nitrogens with zero attached hydrogens (tertiary/aromatic N) is 3. The highest BCUT2D eigenvalue weighted by Gasteiger charge is 2.23. The number of benzene rings is 1.